The highest BCUT2D eigenvalue weighted by molar-refractivity contribution is 7.88. The van der Waals surface area contributed by atoms with Gasteiger partial charge in [-0.1, -0.05) is 0 Å². The molecule has 1 atom stereocenters. The maximum atomic E-state index is 10.9. The van der Waals surface area contributed by atoms with Crippen LogP contribution in [0.4, 0.5) is 0 Å². The van der Waals surface area contributed by atoms with Gasteiger partial charge in [0.1, 0.15) is 0 Å². The van der Waals surface area contributed by atoms with E-state index in [9.17, 15) is 8.42 Å². The molecule has 0 aromatic carbocycles. The summed E-state index contributed by atoms with van der Waals surface area (Å²) in [5.41, 5.74) is 0. The Kier molecular flexibility index (Phi) is 4.74. The van der Waals surface area contributed by atoms with Crippen molar-refractivity contribution in [1.82, 2.24) is 4.31 Å². The number of nitrogens with zero attached hydrogens (tertiary/aromatic N) is 1. The molecular weight excluding hydrogens is 178 g/mol. The maximum Gasteiger partial charge on any atom is 0.211 e. The van der Waals surface area contributed by atoms with Crippen molar-refractivity contribution in [2.45, 2.75) is 20.0 Å². The van der Waals surface area contributed by atoms with Gasteiger partial charge in [-0.15, -0.1) is 0 Å². The SMILES string of the molecule is CCO[C@@H](C)CN(C)S(C)(=O)=O. The summed E-state index contributed by atoms with van der Waals surface area (Å²) in [7, 11) is -1.52. The van der Waals surface area contributed by atoms with Crippen LogP contribution in [0.2, 0.25) is 0 Å². The van der Waals surface area contributed by atoms with Crippen LogP contribution in [0.15, 0.2) is 0 Å². The van der Waals surface area contributed by atoms with E-state index < -0.39 is 10.0 Å². The van der Waals surface area contributed by atoms with E-state index in [1.54, 1.807) is 7.05 Å². The van der Waals surface area contributed by atoms with Crippen molar-refractivity contribution < 1.29 is 13.2 Å². The number of sulfonamides is 1. The highest BCUT2D eigenvalue weighted by atomic mass is 32.2. The van der Waals surface area contributed by atoms with Gasteiger partial charge in [-0.2, -0.15) is 0 Å². The minimum atomic E-state index is -3.06. The Morgan fingerprint density at radius 3 is 2.33 bits per heavy atom. The Bertz CT molecular complexity index is 213. The van der Waals surface area contributed by atoms with Crippen LogP contribution in [0.3, 0.4) is 0 Å². The molecule has 0 aliphatic carbocycles. The van der Waals surface area contributed by atoms with Crippen molar-refractivity contribution >= 4 is 10.0 Å². The van der Waals surface area contributed by atoms with Crippen LogP contribution in [0.25, 0.3) is 0 Å². The third-order valence-electron chi connectivity index (χ3n) is 1.53. The largest absolute Gasteiger partial charge is 0.377 e. The topological polar surface area (TPSA) is 46.6 Å². The van der Waals surface area contributed by atoms with Crippen molar-refractivity contribution in [1.29, 1.82) is 0 Å². The molecule has 0 saturated heterocycles. The quantitative estimate of drug-likeness (QED) is 0.634. The second kappa shape index (κ2) is 4.79. The fourth-order valence-electron chi connectivity index (χ4n) is 0.835. The Balaban J connectivity index is 3.93. The van der Waals surface area contributed by atoms with E-state index in [0.29, 0.717) is 13.2 Å². The lowest BCUT2D eigenvalue weighted by Gasteiger charge is -2.18. The van der Waals surface area contributed by atoms with Gasteiger partial charge in [-0.05, 0) is 13.8 Å². The van der Waals surface area contributed by atoms with E-state index in [4.69, 9.17) is 4.74 Å². The van der Waals surface area contributed by atoms with E-state index in [0.717, 1.165) is 0 Å². The Hall–Kier alpha value is -0.130. The van der Waals surface area contributed by atoms with Gasteiger partial charge in [-0.25, -0.2) is 12.7 Å². The predicted octanol–water partition coefficient (Wildman–Crippen LogP) is 0.303. The first kappa shape index (κ1) is 11.9. The molecule has 0 unspecified atom stereocenters. The lowest BCUT2D eigenvalue weighted by atomic mass is 10.4. The van der Waals surface area contributed by atoms with Gasteiger partial charge >= 0.3 is 0 Å². The van der Waals surface area contributed by atoms with E-state index in [1.807, 2.05) is 13.8 Å². The minimum Gasteiger partial charge on any atom is -0.377 e. The standard InChI is InChI=1S/C7H17NO3S/c1-5-11-7(2)6-8(3)12(4,9)10/h7H,5-6H2,1-4H3/t7-/m0/s1. The zero-order chi connectivity index (χ0) is 9.78. The van der Waals surface area contributed by atoms with Gasteiger partial charge in [-0.3, -0.25) is 0 Å². The van der Waals surface area contributed by atoms with Gasteiger partial charge in [0.2, 0.25) is 10.0 Å². The van der Waals surface area contributed by atoms with Crippen LogP contribution in [0.1, 0.15) is 13.8 Å². The Labute approximate surface area is 74.6 Å². The molecule has 0 amide bonds. The lowest BCUT2D eigenvalue weighted by molar-refractivity contribution is 0.0658. The van der Waals surface area contributed by atoms with E-state index in [-0.39, 0.29) is 6.10 Å². The number of hydrogen-bond donors (Lipinski definition) is 0. The van der Waals surface area contributed by atoms with Gasteiger partial charge in [0, 0.05) is 20.2 Å². The fourth-order valence-corrected chi connectivity index (χ4v) is 1.32. The summed E-state index contributed by atoms with van der Waals surface area (Å²) in [6.45, 7) is 4.76. The minimum absolute atomic E-state index is 0.0466. The van der Waals surface area contributed by atoms with Crippen molar-refractivity contribution in [3.8, 4) is 0 Å². The monoisotopic (exact) mass is 195 g/mol. The van der Waals surface area contributed by atoms with Crippen LogP contribution < -0.4 is 0 Å². The lowest BCUT2D eigenvalue weighted by Crippen LogP contribution is -2.33. The number of rotatable bonds is 5. The molecule has 0 aliphatic heterocycles. The summed E-state index contributed by atoms with van der Waals surface area (Å²) in [6, 6.07) is 0. The first-order valence-electron chi connectivity index (χ1n) is 3.90. The maximum absolute atomic E-state index is 10.9. The molecule has 0 bridgehead atoms. The Morgan fingerprint density at radius 1 is 1.50 bits per heavy atom. The molecule has 0 aliphatic rings. The first-order valence-corrected chi connectivity index (χ1v) is 5.75. The van der Waals surface area contributed by atoms with Crippen molar-refractivity contribution in [3.63, 3.8) is 0 Å². The van der Waals surface area contributed by atoms with Crippen molar-refractivity contribution in [2.24, 2.45) is 0 Å². The molecule has 5 heteroatoms. The highest BCUT2D eigenvalue weighted by Crippen LogP contribution is 1.98. The van der Waals surface area contributed by atoms with E-state index >= 15 is 0 Å². The number of hydrogen-bond acceptors (Lipinski definition) is 3. The zero-order valence-corrected chi connectivity index (χ0v) is 8.89. The van der Waals surface area contributed by atoms with Gasteiger partial charge < -0.3 is 4.74 Å². The summed E-state index contributed by atoms with van der Waals surface area (Å²) in [6.07, 6.45) is 1.14. The average Bonchev–Trinajstić information content (AvgIpc) is 1.85. The first-order chi connectivity index (χ1) is 5.38. The molecule has 0 fully saturated rings. The number of ether oxygens (including phenoxy) is 1. The molecule has 0 N–H and O–H groups in total. The van der Waals surface area contributed by atoms with Crippen LogP contribution >= 0.6 is 0 Å². The van der Waals surface area contributed by atoms with Crippen molar-refractivity contribution in [3.05, 3.63) is 0 Å². The van der Waals surface area contributed by atoms with Gasteiger partial charge in [0.25, 0.3) is 0 Å². The van der Waals surface area contributed by atoms with Crippen LogP contribution in [0, 0.1) is 0 Å². The third kappa shape index (κ3) is 4.69. The molecular formula is C7H17NO3S. The summed E-state index contributed by atoms with van der Waals surface area (Å²) in [4.78, 5) is 0. The second-order valence-corrected chi connectivity index (χ2v) is 4.90. The highest BCUT2D eigenvalue weighted by Gasteiger charge is 2.13. The van der Waals surface area contributed by atoms with Crippen LogP contribution in [-0.4, -0.2) is 45.3 Å². The summed E-state index contributed by atoms with van der Waals surface area (Å²) in [5.74, 6) is 0. The summed E-state index contributed by atoms with van der Waals surface area (Å²) < 4.78 is 28.4. The van der Waals surface area contributed by atoms with Crippen LogP contribution in [-0.2, 0) is 14.8 Å². The normalized spacial score (nSPS) is 15.1. The molecule has 0 saturated carbocycles. The smallest absolute Gasteiger partial charge is 0.211 e. The molecule has 12 heavy (non-hydrogen) atoms. The third-order valence-corrected chi connectivity index (χ3v) is 2.81. The number of likely N-dealkylation sites (N-methyl/N-ethyl adjacent to an activating group) is 1. The molecule has 0 rings (SSSR count). The Morgan fingerprint density at radius 2 is 2.00 bits per heavy atom. The van der Waals surface area contributed by atoms with Crippen molar-refractivity contribution in [2.75, 3.05) is 26.5 Å². The van der Waals surface area contributed by atoms with Crippen LogP contribution in [0.5, 0.6) is 0 Å². The molecule has 0 aromatic rings. The summed E-state index contributed by atoms with van der Waals surface area (Å²) >= 11 is 0. The summed E-state index contributed by atoms with van der Waals surface area (Å²) in [5, 5.41) is 0. The second-order valence-electron chi connectivity index (χ2n) is 2.81. The average molecular weight is 195 g/mol. The molecule has 4 nitrogen and oxygen atoms in total. The van der Waals surface area contributed by atoms with Gasteiger partial charge in [0.05, 0.1) is 12.4 Å². The molecule has 0 heterocycles. The molecule has 0 radical (unpaired) electrons. The van der Waals surface area contributed by atoms with E-state index in [1.165, 1.54) is 10.6 Å². The fraction of sp³-hybridized carbons (Fsp3) is 1.00. The van der Waals surface area contributed by atoms with Gasteiger partial charge in [0.15, 0.2) is 0 Å². The van der Waals surface area contributed by atoms with E-state index in [2.05, 4.69) is 0 Å². The zero-order valence-electron chi connectivity index (χ0n) is 8.07. The molecule has 0 spiro atoms. The predicted molar refractivity (Wildman–Crippen MR) is 48.6 cm³/mol. The molecule has 0 aromatic heterocycles. The molecule has 74 valence electrons.